The van der Waals surface area contributed by atoms with E-state index < -0.39 is 0 Å². The maximum absolute atomic E-state index is 12.1. The van der Waals surface area contributed by atoms with E-state index in [2.05, 4.69) is 36.1 Å². The molecule has 0 aromatic heterocycles. The molecule has 3 aromatic carbocycles. The first-order valence-electron chi connectivity index (χ1n) is 11.4. The van der Waals surface area contributed by atoms with Gasteiger partial charge in [-0.2, -0.15) is 0 Å². The topological polar surface area (TPSA) is 74.0 Å². The highest BCUT2D eigenvalue weighted by Crippen LogP contribution is 2.40. The molecule has 4 rings (SSSR count). The average molecular weight is 449 g/mol. The lowest BCUT2D eigenvalue weighted by molar-refractivity contribution is -0.142. The standard InChI is InChI=1S/C27H32N2O4/c1-5-33-26(30)15-23-22-8-6-18(12-19(22)7-9-24(23)28)16-29-11-10-20-13-21(31-3)14-25(32-4)27(20)17(29)2/h6-9,12-14,17H,5,10-11,15-16,28H2,1-4H3. The first-order chi connectivity index (χ1) is 15.9. The summed E-state index contributed by atoms with van der Waals surface area (Å²) in [5.41, 5.74) is 11.4. The monoisotopic (exact) mass is 448 g/mol. The van der Waals surface area contributed by atoms with Crippen LogP contribution in [0.3, 0.4) is 0 Å². The van der Waals surface area contributed by atoms with Crippen LogP contribution in [0.1, 0.15) is 42.1 Å². The number of ether oxygens (including phenoxy) is 3. The van der Waals surface area contributed by atoms with Crippen molar-refractivity contribution in [1.82, 2.24) is 4.90 Å². The molecule has 1 aliphatic heterocycles. The van der Waals surface area contributed by atoms with Gasteiger partial charge in [-0.3, -0.25) is 9.69 Å². The number of carbonyl (C=O) groups excluding carboxylic acids is 1. The molecule has 6 nitrogen and oxygen atoms in total. The maximum atomic E-state index is 12.1. The predicted molar refractivity (Wildman–Crippen MR) is 131 cm³/mol. The van der Waals surface area contributed by atoms with Crippen molar-refractivity contribution < 1.29 is 19.0 Å². The van der Waals surface area contributed by atoms with Crippen LogP contribution < -0.4 is 15.2 Å². The summed E-state index contributed by atoms with van der Waals surface area (Å²) in [6, 6.07) is 14.6. The van der Waals surface area contributed by atoms with Gasteiger partial charge in [0.25, 0.3) is 0 Å². The molecule has 1 aliphatic rings. The molecule has 0 radical (unpaired) electrons. The van der Waals surface area contributed by atoms with E-state index in [0.29, 0.717) is 12.3 Å². The Balaban J connectivity index is 1.60. The molecule has 0 spiro atoms. The number of benzene rings is 3. The Bertz CT molecular complexity index is 1160. The summed E-state index contributed by atoms with van der Waals surface area (Å²) >= 11 is 0. The van der Waals surface area contributed by atoms with Gasteiger partial charge in [-0.15, -0.1) is 0 Å². The number of fused-ring (bicyclic) bond motifs is 2. The second kappa shape index (κ2) is 9.71. The number of methoxy groups -OCH3 is 2. The van der Waals surface area contributed by atoms with Crippen molar-refractivity contribution >= 4 is 22.4 Å². The van der Waals surface area contributed by atoms with Gasteiger partial charge in [-0.05, 0) is 65.9 Å². The fourth-order valence-electron chi connectivity index (χ4n) is 4.83. The van der Waals surface area contributed by atoms with Crippen molar-refractivity contribution in [2.75, 3.05) is 33.1 Å². The van der Waals surface area contributed by atoms with E-state index in [9.17, 15) is 4.79 Å². The predicted octanol–water partition coefficient (Wildman–Crippen LogP) is 4.66. The Labute approximate surface area is 195 Å². The fourth-order valence-corrected chi connectivity index (χ4v) is 4.83. The lowest BCUT2D eigenvalue weighted by Gasteiger charge is -2.36. The molecule has 1 atom stereocenters. The number of rotatable bonds is 7. The van der Waals surface area contributed by atoms with Gasteiger partial charge in [0.05, 0.1) is 27.2 Å². The molecule has 3 aromatic rings. The molecule has 174 valence electrons. The van der Waals surface area contributed by atoms with Crippen LogP contribution in [-0.2, 0) is 28.9 Å². The molecule has 0 bridgehead atoms. The quantitative estimate of drug-likeness (QED) is 0.418. The van der Waals surface area contributed by atoms with Crippen LogP contribution in [0.15, 0.2) is 42.5 Å². The Morgan fingerprint density at radius 2 is 1.94 bits per heavy atom. The molecular formula is C27H32N2O4. The second-order valence-electron chi connectivity index (χ2n) is 8.47. The summed E-state index contributed by atoms with van der Waals surface area (Å²) in [5.74, 6) is 1.45. The third-order valence-electron chi connectivity index (χ3n) is 6.53. The zero-order chi connectivity index (χ0) is 23.5. The van der Waals surface area contributed by atoms with Crippen LogP contribution in [0, 0.1) is 0 Å². The third-order valence-corrected chi connectivity index (χ3v) is 6.53. The zero-order valence-corrected chi connectivity index (χ0v) is 19.8. The van der Waals surface area contributed by atoms with E-state index in [1.54, 1.807) is 14.2 Å². The van der Waals surface area contributed by atoms with Gasteiger partial charge in [-0.25, -0.2) is 0 Å². The molecule has 1 unspecified atom stereocenters. The highest BCUT2D eigenvalue weighted by molar-refractivity contribution is 5.93. The Kier molecular flexibility index (Phi) is 6.75. The van der Waals surface area contributed by atoms with Gasteiger partial charge in [0.2, 0.25) is 0 Å². The number of hydrogen-bond donors (Lipinski definition) is 1. The van der Waals surface area contributed by atoms with Gasteiger partial charge in [-0.1, -0.05) is 18.2 Å². The third kappa shape index (κ3) is 4.62. The van der Waals surface area contributed by atoms with E-state index in [-0.39, 0.29) is 18.4 Å². The normalized spacial score (nSPS) is 15.8. The molecular weight excluding hydrogens is 416 g/mol. The minimum absolute atomic E-state index is 0.180. The Morgan fingerprint density at radius 1 is 1.12 bits per heavy atom. The first-order valence-corrected chi connectivity index (χ1v) is 11.4. The summed E-state index contributed by atoms with van der Waals surface area (Å²) in [4.78, 5) is 14.5. The van der Waals surface area contributed by atoms with Gasteiger partial charge in [0.15, 0.2) is 0 Å². The van der Waals surface area contributed by atoms with Crippen molar-refractivity contribution in [3.05, 3.63) is 64.7 Å². The van der Waals surface area contributed by atoms with Crippen molar-refractivity contribution in [2.24, 2.45) is 0 Å². The van der Waals surface area contributed by atoms with Gasteiger partial charge < -0.3 is 19.9 Å². The maximum Gasteiger partial charge on any atom is 0.310 e. The zero-order valence-electron chi connectivity index (χ0n) is 19.8. The van der Waals surface area contributed by atoms with Crippen LogP contribution in [-0.4, -0.2) is 38.2 Å². The number of nitrogen functional groups attached to an aromatic ring is 1. The summed E-state index contributed by atoms with van der Waals surface area (Å²) in [5, 5.41) is 2.07. The molecule has 6 heteroatoms. The summed E-state index contributed by atoms with van der Waals surface area (Å²) in [6.45, 7) is 6.18. The van der Waals surface area contributed by atoms with Crippen molar-refractivity contribution in [3.8, 4) is 11.5 Å². The lowest BCUT2D eigenvalue weighted by atomic mass is 9.91. The largest absolute Gasteiger partial charge is 0.497 e. The second-order valence-corrected chi connectivity index (χ2v) is 8.47. The van der Waals surface area contributed by atoms with Crippen LogP contribution in [0.5, 0.6) is 11.5 Å². The number of carbonyl (C=O) groups is 1. The van der Waals surface area contributed by atoms with Crippen LogP contribution in [0.25, 0.3) is 10.8 Å². The minimum Gasteiger partial charge on any atom is -0.497 e. The van der Waals surface area contributed by atoms with Crippen molar-refractivity contribution in [3.63, 3.8) is 0 Å². The number of nitrogens with zero attached hydrogens (tertiary/aromatic N) is 1. The molecule has 0 saturated carbocycles. The number of esters is 1. The minimum atomic E-state index is -0.257. The van der Waals surface area contributed by atoms with Crippen molar-refractivity contribution in [1.29, 1.82) is 0 Å². The Morgan fingerprint density at radius 3 is 2.67 bits per heavy atom. The molecule has 0 fully saturated rings. The number of nitrogens with two attached hydrogens (primary N) is 1. The van der Waals surface area contributed by atoms with Gasteiger partial charge in [0.1, 0.15) is 11.5 Å². The van der Waals surface area contributed by atoms with Crippen LogP contribution >= 0.6 is 0 Å². The van der Waals surface area contributed by atoms with Crippen LogP contribution in [0.2, 0.25) is 0 Å². The van der Waals surface area contributed by atoms with E-state index in [1.165, 1.54) is 16.7 Å². The molecule has 1 heterocycles. The molecule has 0 amide bonds. The van der Waals surface area contributed by atoms with E-state index in [1.807, 2.05) is 25.1 Å². The molecule has 0 aliphatic carbocycles. The molecule has 33 heavy (non-hydrogen) atoms. The average Bonchev–Trinajstić information content (AvgIpc) is 2.82. The van der Waals surface area contributed by atoms with E-state index in [0.717, 1.165) is 47.3 Å². The first kappa shape index (κ1) is 22.9. The molecule has 2 N–H and O–H groups in total. The summed E-state index contributed by atoms with van der Waals surface area (Å²) in [6.07, 6.45) is 1.13. The number of anilines is 1. The van der Waals surface area contributed by atoms with Gasteiger partial charge >= 0.3 is 5.97 Å². The highest BCUT2D eigenvalue weighted by atomic mass is 16.5. The van der Waals surface area contributed by atoms with E-state index >= 15 is 0 Å². The number of hydrogen-bond acceptors (Lipinski definition) is 6. The van der Waals surface area contributed by atoms with Crippen LogP contribution in [0.4, 0.5) is 5.69 Å². The van der Waals surface area contributed by atoms with E-state index in [4.69, 9.17) is 19.9 Å². The smallest absolute Gasteiger partial charge is 0.310 e. The lowest BCUT2D eigenvalue weighted by Crippen LogP contribution is -2.33. The Hall–Kier alpha value is -3.25. The highest BCUT2D eigenvalue weighted by Gasteiger charge is 2.28. The molecule has 0 saturated heterocycles. The SMILES string of the molecule is CCOC(=O)Cc1c(N)ccc2cc(CN3CCc4cc(OC)cc(OC)c4C3C)ccc12. The summed E-state index contributed by atoms with van der Waals surface area (Å²) in [7, 11) is 3.40. The fraction of sp³-hybridized carbons (Fsp3) is 0.370. The summed E-state index contributed by atoms with van der Waals surface area (Å²) < 4.78 is 16.3. The van der Waals surface area contributed by atoms with Crippen molar-refractivity contribution in [2.45, 2.75) is 39.3 Å². The van der Waals surface area contributed by atoms with Gasteiger partial charge in [0, 0.05) is 36.4 Å².